The zero-order valence-corrected chi connectivity index (χ0v) is 14.7. The second-order valence-electron chi connectivity index (χ2n) is 6.27. The van der Waals surface area contributed by atoms with Crippen LogP contribution >= 0.6 is 0 Å². The third-order valence-electron chi connectivity index (χ3n) is 4.35. The van der Waals surface area contributed by atoms with Gasteiger partial charge in [0.15, 0.2) is 0 Å². The maximum atomic E-state index is 12.2. The highest BCUT2D eigenvalue weighted by Crippen LogP contribution is 2.17. The molecule has 0 heterocycles. The van der Waals surface area contributed by atoms with Crippen LogP contribution in [0.2, 0.25) is 0 Å². The van der Waals surface area contributed by atoms with Gasteiger partial charge in [0, 0.05) is 31.8 Å². The molecule has 1 fully saturated rings. The topological polar surface area (TPSA) is 59.6 Å². The smallest absolute Gasteiger partial charge is 0.251 e. The highest BCUT2D eigenvalue weighted by Gasteiger charge is 2.11. The lowest BCUT2D eigenvalue weighted by atomic mass is 10.1. The van der Waals surface area contributed by atoms with Gasteiger partial charge >= 0.3 is 0 Å². The Morgan fingerprint density at radius 1 is 1.12 bits per heavy atom. The molecule has 0 spiro atoms. The molecule has 134 valence electrons. The van der Waals surface area contributed by atoms with Crippen LogP contribution in [0.3, 0.4) is 0 Å². The van der Waals surface area contributed by atoms with Gasteiger partial charge < -0.3 is 20.1 Å². The Bertz CT molecular complexity index is 485. The molecule has 5 nitrogen and oxygen atoms in total. The standard InChI is InChI=1S/C19H30N2O3/c1-23-13-14-24-18-10-6-7-16(15-18)19(22)21-12-11-20-17-8-4-2-3-5-9-17/h6-7,10,15,17,20H,2-5,8-9,11-14H2,1H3,(H,21,22). The van der Waals surface area contributed by atoms with Gasteiger partial charge in [-0.1, -0.05) is 31.7 Å². The van der Waals surface area contributed by atoms with Crippen molar-refractivity contribution in [1.29, 1.82) is 0 Å². The SMILES string of the molecule is COCCOc1cccc(C(=O)NCCNC2CCCCCC2)c1. The summed E-state index contributed by atoms with van der Waals surface area (Å²) < 4.78 is 10.5. The quantitative estimate of drug-likeness (QED) is 0.538. The average molecular weight is 334 g/mol. The molecule has 1 aliphatic rings. The van der Waals surface area contributed by atoms with E-state index in [0.29, 0.717) is 37.1 Å². The second kappa shape index (κ2) is 11.0. The van der Waals surface area contributed by atoms with E-state index < -0.39 is 0 Å². The minimum Gasteiger partial charge on any atom is -0.491 e. The predicted octanol–water partition coefficient (Wildman–Crippen LogP) is 2.75. The number of benzene rings is 1. The number of ether oxygens (including phenoxy) is 2. The van der Waals surface area contributed by atoms with Crippen molar-refractivity contribution < 1.29 is 14.3 Å². The van der Waals surface area contributed by atoms with Crippen molar-refractivity contribution in [1.82, 2.24) is 10.6 Å². The molecular weight excluding hydrogens is 304 g/mol. The third-order valence-corrected chi connectivity index (χ3v) is 4.35. The molecule has 2 N–H and O–H groups in total. The van der Waals surface area contributed by atoms with E-state index in [1.807, 2.05) is 12.1 Å². The molecule has 1 aromatic rings. The largest absolute Gasteiger partial charge is 0.491 e. The minimum absolute atomic E-state index is 0.0603. The molecular formula is C19H30N2O3. The predicted molar refractivity (Wildman–Crippen MR) is 95.6 cm³/mol. The summed E-state index contributed by atoms with van der Waals surface area (Å²) in [5, 5.41) is 6.53. The number of amides is 1. The Balaban J connectivity index is 1.68. The molecule has 0 aliphatic heterocycles. The van der Waals surface area contributed by atoms with Crippen LogP contribution < -0.4 is 15.4 Å². The number of methoxy groups -OCH3 is 1. The molecule has 24 heavy (non-hydrogen) atoms. The normalized spacial score (nSPS) is 15.7. The Kier molecular flexibility index (Phi) is 8.63. The van der Waals surface area contributed by atoms with Crippen LogP contribution in [0.25, 0.3) is 0 Å². The van der Waals surface area contributed by atoms with Gasteiger partial charge in [0.25, 0.3) is 5.91 Å². The molecule has 0 atom stereocenters. The van der Waals surface area contributed by atoms with Crippen LogP contribution in [0, 0.1) is 0 Å². The number of hydrogen-bond acceptors (Lipinski definition) is 4. The van der Waals surface area contributed by atoms with Crippen molar-refractivity contribution in [2.75, 3.05) is 33.4 Å². The Hall–Kier alpha value is -1.59. The van der Waals surface area contributed by atoms with Gasteiger partial charge in [-0.15, -0.1) is 0 Å². The van der Waals surface area contributed by atoms with Gasteiger partial charge in [0.05, 0.1) is 6.61 Å². The van der Waals surface area contributed by atoms with Crippen LogP contribution in [-0.4, -0.2) is 45.4 Å². The van der Waals surface area contributed by atoms with Gasteiger partial charge in [-0.05, 0) is 31.0 Å². The van der Waals surface area contributed by atoms with Crippen molar-refractivity contribution in [2.24, 2.45) is 0 Å². The first-order valence-electron chi connectivity index (χ1n) is 9.03. The number of rotatable bonds is 9. The molecule has 0 saturated heterocycles. The number of carbonyl (C=O) groups excluding carboxylic acids is 1. The molecule has 0 unspecified atom stereocenters. The fraction of sp³-hybridized carbons (Fsp3) is 0.632. The van der Waals surface area contributed by atoms with E-state index in [-0.39, 0.29) is 5.91 Å². The highest BCUT2D eigenvalue weighted by atomic mass is 16.5. The lowest BCUT2D eigenvalue weighted by molar-refractivity contribution is 0.0952. The number of carbonyl (C=O) groups is 1. The number of nitrogens with one attached hydrogen (secondary N) is 2. The van der Waals surface area contributed by atoms with E-state index in [0.717, 1.165) is 6.54 Å². The zero-order chi connectivity index (χ0) is 17.0. The molecule has 2 rings (SSSR count). The van der Waals surface area contributed by atoms with E-state index in [1.54, 1.807) is 19.2 Å². The molecule has 1 aliphatic carbocycles. The van der Waals surface area contributed by atoms with E-state index in [4.69, 9.17) is 9.47 Å². The van der Waals surface area contributed by atoms with Crippen molar-refractivity contribution >= 4 is 5.91 Å². The van der Waals surface area contributed by atoms with Crippen LogP contribution in [0.15, 0.2) is 24.3 Å². The van der Waals surface area contributed by atoms with Gasteiger partial charge in [-0.2, -0.15) is 0 Å². The monoisotopic (exact) mass is 334 g/mol. The summed E-state index contributed by atoms with van der Waals surface area (Å²) in [6, 6.07) is 7.86. The Labute approximate surface area is 145 Å². The zero-order valence-electron chi connectivity index (χ0n) is 14.7. The van der Waals surface area contributed by atoms with Crippen LogP contribution in [0.1, 0.15) is 48.9 Å². The molecule has 0 radical (unpaired) electrons. The van der Waals surface area contributed by atoms with Gasteiger partial charge in [-0.3, -0.25) is 4.79 Å². The summed E-state index contributed by atoms with van der Waals surface area (Å²) in [5.74, 6) is 0.631. The van der Waals surface area contributed by atoms with Gasteiger partial charge in [0.1, 0.15) is 12.4 Å². The van der Waals surface area contributed by atoms with Crippen LogP contribution in [0.4, 0.5) is 0 Å². The van der Waals surface area contributed by atoms with E-state index >= 15 is 0 Å². The van der Waals surface area contributed by atoms with E-state index in [2.05, 4.69) is 10.6 Å². The fourth-order valence-corrected chi connectivity index (χ4v) is 3.01. The molecule has 0 aromatic heterocycles. The van der Waals surface area contributed by atoms with E-state index in [1.165, 1.54) is 38.5 Å². The summed E-state index contributed by atoms with van der Waals surface area (Å²) in [6.45, 7) is 2.47. The molecule has 1 aromatic carbocycles. The molecule has 5 heteroatoms. The lowest BCUT2D eigenvalue weighted by Gasteiger charge is -2.16. The third kappa shape index (κ3) is 6.89. The summed E-state index contributed by atoms with van der Waals surface area (Å²) in [4.78, 5) is 12.2. The van der Waals surface area contributed by atoms with Crippen LogP contribution in [0.5, 0.6) is 5.75 Å². The summed E-state index contributed by atoms with van der Waals surface area (Å²) >= 11 is 0. The van der Waals surface area contributed by atoms with Gasteiger partial charge in [0.2, 0.25) is 0 Å². The summed E-state index contributed by atoms with van der Waals surface area (Å²) in [6.07, 6.45) is 7.87. The van der Waals surface area contributed by atoms with Crippen LogP contribution in [-0.2, 0) is 4.74 Å². The van der Waals surface area contributed by atoms with E-state index in [9.17, 15) is 4.79 Å². The van der Waals surface area contributed by atoms with Crippen molar-refractivity contribution in [2.45, 2.75) is 44.6 Å². The first-order valence-corrected chi connectivity index (χ1v) is 9.03. The maximum Gasteiger partial charge on any atom is 0.251 e. The minimum atomic E-state index is -0.0603. The summed E-state index contributed by atoms with van der Waals surface area (Å²) in [7, 11) is 1.64. The Morgan fingerprint density at radius 2 is 1.92 bits per heavy atom. The van der Waals surface area contributed by atoms with Gasteiger partial charge in [-0.25, -0.2) is 0 Å². The van der Waals surface area contributed by atoms with Crippen molar-refractivity contribution in [3.05, 3.63) is 29.8 Å². The highest BCUT2D eigenvalue weighted by molar-refractivity contribution is 5.94. The lowest BCUT2D eigenvalue weighted by Crippen LogP contribution is -2.36. The molecule has 1 amide bonds. The first-order chi connectivity index (χ1) is 11.8. The molecule has 1 saturated carbocycles. The van der Waals surface area contributed by atoms with Crippen molar-refractivity contribution in [3.63, 3.8) is 0 Å². The first kappa shape index (κ1) is 18.7. The van der Waals surface area contributed by atoms with Crippen molar-refractivity contribution in [3.8, 4) is 5.75 Å². The Morgan fingerprint density at radius 3 is 2.67 bits per heavy atom. The maximum absolute atomic E-state index is 12.2. The number of hydrogen-bond donors (Lipinski definition) is 2. The molecule has 0 bridgehead atoms. The second-order valence-corrected chi connectivity index (χ2v) is 6.27. The fourth-order valence-electron chi connectivity index (χ4n) is 3.01. The average Bonchev–Trinajstić information content (AvgIpc) is 2.88. The summed E-state index contributed by atoms with van der Waals surface area (Å²) in [5.41, 5.74) is 0.624.